The molecule has 110 valence electrons. The zero-order chi connectivity index (χ0) is 14.4. The van der Waals surface area contributed by atoms with Crippen LogP contribution >= 0.6 is 11.8 Å². The molecule has 0 bridgehead atoms. The normalized spacial score (nSPS) is 18.0. The number of carbonyl (C=O) groups is 1. The predicted octanol–water partition coefficient (Wildman–Crippen LogP) is 2.70. The van der Waals surface area contributed by atoms with E-state index in [0.717, 1.165) is 54.4 Å². The highest BCUT2D eigenvalue weighted by Gasteiger charge is 2.19. The van der Waals surface area contributed by atoms with E-state index < -0.39 is 0 Å². The van der Waals surface area contributed by atoms with Gasteiger partial charge in [0.15, 0.2) is 0 Å². The number of thioether (sulfide) groups is 1. The molecule has 20 heavy (non-hydrogen) atoms. The minimum atomic E-state index is 0.0245. The third-order valence-corrected chi connectivity index (χ3v) is 4.43. The fraction of sp³-hybridized carbons (Fsp3) is 0.600. The number of nitrogens with one attached hydrogen (secondary N) is 2. The summed E-state index contributed by atoms with van der Waals surface area (Å²) in [6.07, 6.45) is 3.01. The van der Waals surface area contributed by atoms with Crippen LogP contribution in [0, 0.1) is 0 Å². The number of hydrogen-bond donors (Lipinski definition) is 2. The molecule has 1 saturated heterocycles. The summed E-state index contributed by atoms with van der Waals surface area (Å²) in [5.41, 5.74) is 1.70. The molecular formula is C15H23N3OS. The molecule has 1 fully saturated rings. The first-order chi connectivity index (χ1) is 9.72. The summed E-state index contributed by atoms with van der Waals surface area (Å²) >= 11 is 1.90. The van der Waals surface area contributed by atoms with Gasteiger partial charge >= 0.3 is 0 Å². The smallest absolute Gasteiger partial charge is 0.251 e. The van der Waals surface area contributed by atoms with Crippen molar-refractivity contribution in [3.8, 4) is 0 Å². The number of aryl methyl sites for hydroxylation is 1. The van der Waals surface area contributed by atoms with Crippen molar-refractivity contribution < 1.29 is 4.79 Å². The van der Waals surface area contributed by atoms with Crippen LogP contribution in [0.5, 0.6) is 0 Å². The van der Waals surface area contributed by atoms with E-state index in [0.29, 0.717) is 6.04 Å². The molecule has 0 aromatic carbocycles. The van der Waals surface area contributed by atoms with Crippen molar-refractivity contribution in [2.75, 3.05) is 23.4 Å². The Morgan fingerprint density at radius 1 is 1.45 bits per heavy atom. The average molecular weight is 293 g/mol. The van der Waals surface area contributed by atoms with Crippen LogP contribution in [-0.4, -0.2) is 35.0 Å². The highest BCUT2D eigenvalue weighted by atomic mass is 32.2. The molecule has 4 nitrogen and oxygen atoms in total. The van der Waals surface area contributed by atoms with Crippen LogP contribution in [0.4, 0.5) is 5.82 Å². The predicted molar refractivity (Wildman–Crippen MR) is 85.6 cm³/mol. The largest absolute Gasteiger partial charge is 0.370 e. The number of pyridine rings is 1. The molecule has 2 heterocycles. The number of hydrogen-bond acceptors (Lipinski definition) is 4. The maximum absolute atomic E-state index is 12.3. The first-order valence-corrected chi connectivity index (χ1v) is 8.51. The van der Waals surface area contributed by atoms with E-state index in [2.05, 4.69) is 22.5 Å². The SMILES string of the molecule is CCCc1cc(C(=O)NC2CCSC2)cc(NCC)n1. The van der Waals surface area contributed by atoms with Crippen LogP contribution < -0.4 is 10.6 Å². The second kappa shape index (κ2) is 7.53. The third kappa shape index (κ3) is 4.13. The quantitative estimate of drug-likeness (QED) is 0.847. The van der Waals surface area contributed by atoms with E-state index in [1.807, 2.05) is 30.8 Å². The summed E-state index contributed by atoms with van der Waals surface area (Å²) in [4.78, 5) is 16.9. The van der Waals surface area contributed by atoms with Gasteiger partial charge in [-0.2, -0.15) is 11.8 Å². The van der Waals surface area contributed by atoms with E-state index in [-0.39, 0.29) is 5.91 Å². The lowest BCUT2D eigenvalue weighted by molar-refractivity contribution is 0.0941. The molecule has 1 amide bonds. The molecule has 0 radical (unpaired) electrons. The van der Waals surface area contributed by atoms with Crippen LogP contribution in [0.2, 0.25) is 0 Å². The number of rotatable bonds is 6. The maximum Gasteiger partial charge on any atom is 0.251 e. The Morgan fingerprint density at radius 2 is 2.30 bits per heavy atom. The van der Waals surface area contributed by atoms with Crippen molar-refractivity contribution in [3.05, 3.63) is 23.4 Å². The topological polar surface area (TPSA) is 54.0 Å². The van der Waals surface area contributed by atoms with Crippen LogP contribution in [0.15, 0.2) is 12.1 Å². The summed E-state index contributed by atoms with van der Waals surface area (Å²) in [7, 11) is 0. The van der Waals surface area contributed by atoms with Gasteiger partial charge in [0.2, 0.25) is 0 Å². The Morgan fingerprint density at radius 3 is 2.95 bits per heavy atom. The van der Waals surface area contributed by atoms with Gasteiger partial charge in [-0.25, -0.2) is 4.98 Å². The molecule has 1 unspecified atom stereocenters. The Kier molecular flexibility index (Phi) is 5.71. The third-order valence-electron chi connectivity index (χ3n) is 3.27. The van der Waals surface area contributed by atoms with Crippen molar-refractivity contribution in [3.63, 3.8) is 0 Å². The molecule has 1 atom stereocenters. The minimum absolute atomic E-state index is 0.0245. The Labute approximate surface area is 125 Å². The van der Waals surface area contributed by atoms with E-state index >= 15 is 0 Å². The van der Waals surface area contributed by atoms with Crippen molar-refractivity contribution in [2.24, 2.45) is 0 Å². The zero-order valence-electron chi connectivity index (χ0n) is 12.2. The molecule has 0 aliphatic carbocycles. The average Bonchev–Trinajstić information content (AvgIpc) is 2.92. The van der Waals surface area contributed by atoms with Crippen molar-refractivity contribution >= 4 is 23.5 Å². The van der Waals surface area contributed by atoms with Crippen molar-refractivity contribution in [1.29, 1.82) is 0 Å². The molecule has 1 aliphatic heterocycles. The maximum atomic E-state index is 12.3. The van der Waals surface area contributed by atoms with Crippen molar-refractivity contribution in [1.82, 2.24) is 10.3 Å². The first kappa shape index (κ1) is 15.2. The van der Waals surface area contributed by atoms with E-state index in [9.17, 15) is 4.79 Å². The molecule has 2 N–H and O–H groups in total. The molecule has 0 spiro atoms. The van der Waals surface area contributed by atoms with Gasteiger partial charge in [-0.3, -0.25) is 4.79 Å². The van der Waals surface area contributed by atoms with Gasteiger partial charge in [-0.1, -0.05) is 13.3 Å². The second-order valence-electron chi connectivity index (χ2n) is 5.05. The monoisotopic (exact) mass is 293 g/mol. The van der Waals surface area contributed by atoms with Gasteiger partial charge in [0.05, 0.1) is 0 Å². The number of carbonyl (C=O) groups excluding carboxylic acids is 1. The first-order valence-electron chi connectivity index (χ1n) is 7.36. The lowest BCUT2D eigenvalue weighted by Crippen LogP contribution is -2.34. The molecule has 2 rings (SSSR count). The van der Waals surface area contributed by atoms with E-state index in [1.165, 1.54) is 0 Å². The van der Waals surface area contributed by atoms with E-state index in [4.69, 9.17) is 0 Å². The van der Waals surface area contributed by atoms with Crippen LogP contribution in [0.25, 0.3) is 0 Å². The number of nitrogens with zero attached hydrogens (tertiary/aromatic N) is 1. The fourth-order valence-corrected chi connectivity index (χ4v) is 3.44. The molecule has 1 aliphatic rings. The summed E-state index contributed by atoms with van der Waals surface area (Å²) < 4.78 is 0. The summed E-state index contributed by atoms with van der Waals surface area (Å²) in [5, 5.41) is 6.32. The van der Waals surface area contributed by atoms with Gasteiger partial charge in [-0.05, 0) is 37.7 Å². The van der Waals surface area contributed by atoms with Crippen LogP contribution in [0.1, 0.15) is 42.7 Å². The number of aromatic nitrogens is 1. The molecule has 0 saturated carbocycles. The summed E-state index contributed by atoms with van der Waals surface area (Å²) in [6, 6.07) is 4.08. The van der Waals surface area contributed by atoms with Gasteiger partial charge in [-0.15, -0.1) is 0 Å². The van der Waals surface area contributed by atoms with Gasteiger partial charge in [0.1, 0.15) is 5.82 Å². The second-order valence-corrected chi connectivity index (χ2v) is 6.20. The Hall–Kier alpha value is -1.23. The molecule has 1 aromatic heterocycles. The van der Waals surface area contributed by atoms with Crippen molar-refractivity contribution in [2.45, 2.75) is 39.2 Å². The Balaban J connectivity index is 2.12. The van der Waals surface area contributed by atoms with Crippen LogP contribution in [-0.2, 0) is 6.42 Å². The van der Waals surface area contributed by atoms with Crippen LogP contribution in [0.3, 0.4) is 0 Å². The lowest BCUT2D eigenvalue weighted by Gasteiger charge is -2.13. The standard InChI is InChI=1S/C15H23N3OS/c1-3-5-12-8-11(9-14(17-12)16-4-2)15(19)18-13-6-7-20-10-13/h8-9,13H,3-7,10H2,1-2H3,(H,16,17)(H,18,19). The summed E-state index contributed by atoms with van der Waals surface area (Å²) in [5.74, 6) is 2.99. The van der Waals surface area contributed by atoms with Gasteiger partial charge in [0, 0.05) is 29.6 Å². The molecule has 5 heteroatoms. The summed E-state index contributed by atoms with van der Waals surface area (Å²) in [6.45, 7) is 4.96. The highest BCUT2D eigenvalue weighted by Crippen LogP contribution is 2.18. The minimum Gasteiger partial charge on any atom is -0.370 e. The highest BCUT2D eigenvalue weighted by molar-refractivity contribution is 7.99. The zero-order valence-corrected chi connectivity index (χ0v) is 13.1. The fourth-order valence-electron chi connectivity index (χ4n) is 2.29. The lowest BCUT2D eigenvalue weighted by atomic mass is 10.1. The Bertz CT molecular complexity index is 434. The number of anilines is 1. The molecular weight excluding hydrogens is 270 g/mol. The molecule has 1 aromatic rings. The van der Waals surface area contributed by atoms with Gasteiger partial charge < -0.3 is 10.6 Å². The van der Waals surface area contributed by atoms with E-state index in [1.54, 1.807) is 0 Å². The van der Waals surface area contributed by atoms with Gasteiger partial charge in [0.25, 0.3) is 5.91 Å². The number of amides is 1.